The summed E-state index contributed by atoms with van der Waals surface area (Å²) in [5, 5.41) is 4.38. The number of nitrogens with zero attached hydrogens (tertiary/aromatic N) is 3. The van der Waals surface area contributed by atoms with E-state index in [2.05, 4.69) is 15.5 Å². The molecule has 17 heavy (non-hydrogen) atoms. The minimum Gasteiger partial charge on any atom is -0.308 e. The smallest absolute Gasteiger partial charge is 0.267 e. The molecule has 0 atom stereocenters. The van der Waals surface area contributed by atoms with E-state index in [1.54, 1.807) is 18.2 Å². The summed E-state index contributed by atoms with van der Waals surface area (Å²) in [6.07, 6.45) is 1.53. The molecule has 88 valence electrons. The molecule has 0 aromatic carbocycles. The predicted molar refractivity (Wildman–Crippen MR) is 64.7 cm³/mol. The molecule has 0 aliphatic heterocycles. The van der Waals surface area contributed by atoms with Crippen LogP contribution in [0.1, 0.15) is 5.69 Å². The average Bonchev–Trinajstić information content (AvgIpc) is 2.35. The fourth-order valence-corrected chi connectivity index (χ4v) is 1.49. The predicted octanol–water partition coefficient (Wildman–Crippen LogP) is 0.626. The van der Waals surface area contributed by atoms with Gasteiger partial charge in [0, 0.05) is 12.3 Å². The van der Waals surface area contributed by atoms with Gasteiger partial charge in [0.15, 0.2) is 0 Å². The first-order chi connectivity index (χ1) is 8.20. The second-order valence-corrected chi connectivity index (χ2v) is 3.70. The summed E-state index contributed by atoms with van der Waals surface area (Å²) in [5.74, 6) is 5.73. The molecule has 6 nitrogen and oxygen atoms in total. The van der Waals surface area contributed by atoms with Crippen LogP contribution in [0, 0.1) is 0 Å². The lowest BCUT2D eigenvalue weighted by molar-refractivity contribution is 0.628. The Labute approximate surface area is 102 Å². The molecule has 0 unspecified atom stereocenters. The van der Waals surface area contributed by atoms with Gasteiger partial charge in [-0.05, 0) is 18.2 Å². The van der Waals surface area contributed by atoms with E-state index >= 15 is 0 Å². The van der Waals surface area contributed by atoms with Crippen molar-refractivity contribution >= 4 is 17.4 Å². The first kappa shape index (κ1) is 11.6. The van der Waals surface area contributed by atoms with Crippen molar-refractivity contribution < 1.29 is 0 Å². The van der Waals surface area contributed by atoms with Gasteiger partial charge in [0.25, 0.3) is 5.56 Å². The minimum atomic E-state index is -0.212. The van der Waals surface area contributed by atoms with Crippen LogP contribution in [-0.4, -0.2) is 14.8 Å². The highest BCUT2D eigenvalue weighted by molar-refractivity contribution is 6.31. The Balaban J connectivity index is 2.36. The average molecular weight is 252 g/mol. The van der Waals surface area contributed by atoms with Crippen LogP contribution >= 0.6 is 11.6 Å². The normalized spacial score (nSPS) is 10.2. The minimum absolute atomic E-state index is 0.202. The molecule has 0 saturated carbocycles. The molecule has 0 spiro atoms. The molecule has 0 aliphatic carbocycles. The van der Waals surface area contributed by atoms with E-state index in [-0.39, 0.29) is 12.1 Å². The molecule has 2 aromatic rings. The Morgan fingerprint density at radius 2 is 2.24 bits per heavy atom. The van der Waals surface area contributed by atoms with Gasteiger partial charge in [-0.15, -0.1) is 0 Å². The molecular formula is C10H10ClN5O. The van der Waals surface area contributed by atoms with Crippen LogP contribution in [-0.2, 0) is 6.54 Å². The highest BCUT2D eigenvalue weighted by atomic mass is 35.5. The van der Waals surface area contributed by atoms with Gasteiger partial charge in [0.2, 0.25) is 0 Å². The van der Waals surface area contributed by atoms with Crippen molar-refractivity contribution in [1.82, 2.24) is 14.8 Å². The Bertz CT molecular complexity index is 583. The van der Waals surface area contributed by atoms with Gasteiger partial charge in [-0.2, -0.15) is 5.10 Å². The van der Waals surface area contributed by atoms with Crippen LogP contribution in [0.3, 0.4) is 0 Å². The van der Waals surface area contributed by atoms with Crippen LogP contribution in [0.15, 0.2) is 35.3 Å². The number of nitrogens with one attached hydrogen (secondary N) is 1. The number of hydrazine groups is 1. The molecule has 0 radical (unpaired) electrons. The van der Waals surface area contributed by atoms with Crippen LogP contribution in [0.4, 0.5) is 5.82 Å². The van der Waals surface area contributed by atoms with E-state index in [1.807, 2.05) is 0 Å². The summed E-state index contributed by atoms with van der Waals surface area (Å²) in [4.78, 5) is 15.6. The van der Waals surface area contributed by atoms with E-state index in [4.69, 9.17) is 17.4 Å². The summed E-state index contributed by atoms with van der Waals surface area (Å²) < 4.78 is 1.27. The summed E-state index contributed by atoms with van der Waals surface area (Å²) in [6.45, 7) is 0.202. The first-order valence-electron chi connectivity index (χ1n) is 4.85. The number of rotatable bonds is 3. The van der Waals surface area contributed by atoms with Gasteiger partial charge in [0.05, 0.1) is 17.3 Å². The highest BCUT2D eigenvalue weighted by Gasteiger charge is 2.06. The zero-order chi connectivity index (χ0) is 12.3. The van der Waals surface area contributed by atoms with Crippen molar-refractivity contribution in [3.05, 3.63) is 51.5 Å². The van der Waals surface area contributed by atoms with Gasteiger partial charge in [-0.1, -0.05) is 11.6 Å². The van der Waals surface area contributed by atoms with Gasteiger partial charge >= 0.3 is 0 Å². The van der Waals surface area contributed by atoms with Crippen molar-refractivity contribution in [2.45, 2.75) is 6.54 Å². The van der Waals surface area contributed by atoms with E-state index in [1.165, 1.54) is 16.9 Å². The Kier molecular flexibility index (Phi) is 3.36. The lowest BCUT2D eigenvalue weighted by Crippen LogP contribution is -2.22. The molecule has 2 aromatic heterocycles. The Hall–Kier alpha value is -1.92. The second-order valence-electron chi connectivity index (χ2n) is 3.29. The van der Waals surface area contributed by atoms with Gasteiger partial charge in [0.1, 0.15) is 5.82 Å². The topological polar surface area (TPSA) is 85.8 Å². The molecule has 2 heterocycles. The third kappa shape index (κ3) is 2.61. The number of anilines is 1. The number of aromatic nitrogens is 3. The number of halogens is 1. The number of pyridine rings is 1. The quantitative estimate of drug-likeness (QED) is 0.617. The summed E-state index contributed by atoms with van der Waals surface area (Å²) in [5.41, 5.74) is 2.74. The van der Waals surface area contributed by atoms with E-state index in [0.717, 1.165) is 0 Å². The van der Waals surface area contributed by atoms with Crippen molar-refractivity contribution in [1.29, 1.82) is 0 Å². The number of hydrogen-bond acceptors (Lipinski definition) is 5. The lowest BCUT2D eigenvalue weighted by atomic mass is 10.3. The second kappa shape index (κ2) is 4.94. The van der Waals surface area contributed by atoms with Crippen LogP contribution < -0.4 is 16.8 Å². The molecule has 0 bridgehead atoms. The van der Waals surface area contributed by atoms with Crippen LogP contribution in [0.25, 0.3) is 0 Å². The Morgan fingerprint density at radius 3 is 2.94 bits per heavy atom. The third-order valence-corrected chi connectivity index (χ3v) is 2.50. The number of nitrogens with two attached hydrogens (primary N) is 1. The summed E-state index contributed by atoms with van der Waals surface area (Å²) in [6, 6.07) is 6.30. The number of hydrogen-bond donors (Lipinski definition) is 2. The van der Waals surface area contributed by atoms with E-state index in [0.29, 0.717) is 16.5 Å². The maximum atomic E-state index is 11.5. The van der Waals surface area contributed by atoms with Crippen molar-refractivity contribution in [2.75, 3.05) is 5.43 Å². The zero-order valence-corrected chi connectivity index (χ0v) is 9.55. The molecule has 0 fully saturated rings. The standard InChI is InChI=1S/C10H10ClN5O/c11-7-3-4-9(15-12)14-8(7)6-16-10(17)2-1-5-13-16/h1-5H,6,12H2,(H,14,15). The fraction of sp³-hybridized carbons (Fsp3) is 0.100. The molecule has 0 aliphatic rings. The molecule has 3 N–H and O–H groups in total. The van der Waals surface area contributed by atoms with Gasteiger partial charge < -0.3 is 5.43 Å². The monoisotopic (exact) mass is 251 g/mol. The summed E-state index contributed by atoms with van der Waals surface area (Å²) >= 11 is 5.98. The highest BCUT2D eigenvalue weighted by Crippen LogP contribution is 2.16. The van der Waals surface area contributed by atoms with Gasteiger partial charge in [-0.25, -0.2) is 15.5 Å². The maximum Gasteiger partial charge on any atom is 0.267 e. The largest absolute Gasteiger partial charge is 0.308 e. The van der Waals surface area contributed by atoms with Gasteiger partial charge in [-0.3, -0.25) is 4.79 Å². The molecule has 0 amide bonds. The first-order valence-corrected chi connectivity index (χ1v) is 5.22. The Morgan fingerprint density at radius 1 is 1.41 bits per heavy atom. The summed E-state index contributed by atoms with van der Waals surface area (Å²) in [7, 11) is 0. The zero-order valence-electron chi connectivity index (χ0n) is 8.80. The number of nitrogen functional groups attached to an aromatic ring is 1. The third-order valence-electron chi connectivity index (χ3n) is 2.15. The van der Waals surface area contributed by atoms with E-state index < -0.39 is 0 Å². The SMILES string of the molecule is NNc1ccc(Cl)c(Cn2ncccc2=O)n1. The van der Waals surface area contributed by atoms with E-state index in [9.17, 15) is 4.79 Å². The fourth-order valence-electron chi connectivity index (χ4n) is 1.32. The van der Waals surface area contributed by atoms with Crippen molar-refractivity contribution in [3.63, 3.8) is 0 Å². The molecule has 7 heteroatoms. The van der Waals surface area contributed by atoms with Crippen LogP contribution in [0.2, 0.25) is 5.02 Å². The van der Waals surface area contributed by atoms with Crippen molar-refractivity contribution in [3.8, 4) is 0 Å². The molecular weight excluding hydrogens is 242 g/mol. The molecule has 0 saturated heterocycles. The molecule has 2 rings (SSSR count). The lowest BCUT2D eigenvalue weighted by Gasteiger charge is -2.07. The van der Waals surface area contributed by atoms with Crippen LogP contribution in [0.5, 0.6) is 0 Å². The maximum absolute atomic E-state index is 11.5. The van der Waals surface area contributed by atoms with Crippen molar-refractivity contribution in [2.24, 2.45) is 5.84 Å².